The van der Waals surface area contributed by atoms with E-state index in [9.17, 15) is 14.9 Å². The minimum atomic E-state index is -0.462. The molecule has 0 spiro atoms. The van der Waals surface area contributed by atoms with Crippen LogP contribution in [0.15, 0.2) is 54.9 Å². The molecule has 0 bridgehead atoms. The first-order valence-electron chi connectivity index (χ1n) is 7.66. The van der Waals surface area contributed by atoms with Crippen molar-refractivity contribution >= 4 is 23.3 Å². The second-order valence-electron chi connectivity index (χ2n) is 5.60. The van der Waals surface area contributed by atoms with Gasteiger partial charge in [-0.05, 0) is 48.4 Å². The number of nitro groups is 1. The summed E-state index contributed by atoms with van der Waals surface area (Å²) in [6.07, 6.45) is 6.79. The lowest BCUT2D eigenvalue weighted by Crippen LogP contribution is -2.20. The van der Waals surface area contributed by atoms with E-state index in [1.54, 1.807) is 18.2 Å². The first-order chi connectivity index (χ1) is 12.0. The number of benzene rings is 1. The molecule has 2 aromatic heterocycles. The molecule has 2 heterocycles. The van der Waals surface area contributed by atoms with Gasteiger partial charge in [-0.2, -0.15) is 0 Å². The van der Waals surface area contributed by atoms with Crippen molar-refractivity contribution in [2.75, 3.05) is 0 Å². The van der Waals surface area contributed by atoms with Crippen molar-refractivity contribution < 1.29 is 9.72 Å². The SMILES string of the molecule is Cc1ccn2cc(CNC(=O)/C=C/c3ccc([N+](=O)[O-])cc3)nc2c1. The van der Waals surface area contributed by atoms with Crippen molar-refractivity contribution in [3.63, 3.8) is 0 Å². The lowest BCUT2D eigenvalue weighted by atomic mass is 10.2. The summed E-state index contributed by atoms with van der Waals surface area (Å²) in [4.78, 5) is 26.5. The van der Waals surface area contributed by atoms with Gasteiger partial charge in [-0.25, -0.2) is 4.98 Å². The number of aryl methyl sites for hydroxylation is 1. The maximum absolute atomic E-state index is 11.9. The van der Waals surface area contributed by atoms with E-state index in [4.69, 9.17) is 0 Å². The van der Waals surface area contributed by atoms with E-state index in [-0.39, 0.29) is 11.6 Å². The van der Waals surface area contributed by atoms with E-state index < -0.39 is 4.92 Å². The van der Waals surface area contributed by atoms with Crippen molar-refractivity contribution in [3.05, 3.63) is 81.8 Å². The Hall–Kier alpha value is -3.48. The third-order valence-corrected chi connectivity index (χ3v) is 3.64. The number of aromatic nitrogens is 2. The highest BCUT2D eigenvalue weighted by Crippen LogP contribution is 2.12. The standard InChI is InChI=1S/C18H16N4O3/c1-13-8-9-21-12-15(20-17(21)10-13)11-19-18(23)7-4-14-2-5-16(6-3-14)22(24)25/h2-10,12H,11H2,1H3,(H,19,23)/b7-4+. The van der Waals surface area contributed by atoms with Crippen molar-refractivity contribution in [3.8, 4) is 0 Å². The number of carbonyl (C=O) groups excluding carboxylic acids is 1. The van der Waals surface area contributed by atoms with Crippen molar-refractivity contribution in [2.24, 2.45) is 0 Å². The van der Waals surface area contributed by atoms with Gasteiger partial charge in [-0.15, -0.1) is 0 Å². The fourth-order valence-electron chi connectivity index (χ4n) is 2.34. The number of carbonyl (C=O) groups is 1. The Morgan fingerprint density at radius 3 is 2.80 bits per heavy atom. The Labute approximate surface area is 143 Å². The van der Waals surface area contributed by atoms with Crippen molar-refractivity contribution in [1.29, 1.82) is 0 Å². The Morgan fingerprint density at radius 1 is 1.32 bits per heavy atom. The molecule has 1 aromatic carbocycles. The van der Waals surface area contributed by atoms with Crippen LogP contribution < -0.4 is 5.32 Å². The van der Waals surface area contributed by atoms with Crippen LogP contribution in [-0.4, -0.2) is 20.2 Å². The molecule has 0 aliphatic heterocycles. The minimum Gasteiger partial charge on any atom is -0.347 e. The van der Waals surface area contributed by atoms with E-state index >= 15 is 0 Å². The lowest BCUT2D eigenvalue weighted by Gasteiger charge is -1.98. The molecule has 0 atom stereocenters. The van der Waals surface area contributed by atoms with Crippen LogP contribution in [0.4, 0.5) is 5.69 Å². The van der Waals surface area contributed by atoms with Crippen LogP contribution in [0.3, 0.4) is 0 Å². The molecule has 126 valence electrons. The van der Waals surface area contributed by atoms with Crippen LogP contribution in [0.25, 0.3) is 11.7 Å². The predicted octanol–water partition coefficient (Wildman–Crippen LogP) is 2.88. The molecule has 0 saturated carbocycles. The molecule has 3 aromatic rings. The van der Waals surface area contributed by atoms with Gasteiger partial charge in [0.1, 0.15) is 5.65 Å². The van der Waals surface area contributed by atoms with E-state index in [2.05, 4.69) is 10.3 Å². The molecule has 0 radical (unpaired) electrons. The zero-order valence-corrected chi connectivity index (χ0v) is 13.5. The third-order valence-electron chi connectivity index (χ3n) is 3.64. The van der Waals surface area contributed by atoms with E-state index in [1.165, 1.54) is 18.2 Å². The second kappa shape index (κ2) is 6.96. The number of fused-ring (bicyclic) bond motifs is 1. The Balaban J connectivity index is 1.58. The van der Waals surface area contributed by atoms with Gasteiger partial charge in [-0.3, -0.25) is 14.9 Å². The molecule has 0 aliphatic rings. The number of hydrogen-bond donors (Lipinski definition) is 1. The summed E-state index contributed by atoms with van der Waals surface area (Å²) < 4.78 is 1.90. The number of nitro benzene ring substituents is 1. The minimum absolute atomic E-state index is 0.0173. The number of rotatable bonds is 5. The molecule has 3 rings (SSSR count). The molecule has 0 fully saturated rings. The molecule has 7 nitrogen and oxygen atoms in total. The first-order valence-corrected chi connectivity index (χ1v) is 7.66. The average molecular weight is 336 g/mol. The first kappa shape index (κ1) is 16.4. The van der Waals surface area contributed by atoms with Gasteiger partial charge < -0.3 is 9.72 Å². The molecular formula is C18H16N4O3. The van der Waals surface area contributed by atoms with E-state index in [1.807, 2.05) is 35.9 Å². The van der Waals surface area contributed by atoms with Crippen LogP contribution in [0.2, 0.25) is 0 Å². The predicted molar refractivity (Wildman–Crippen MR) is 93.9 cm³/mol. The van der Waals surface area contributed by atoms with Crippen LogP contribution in [0, 0.1) is 17.0 Å². The summed E-state index contributed by atoms with van der Waals surface area (Å²) in [7, 11) is 0. The van der Waals surface area contributed by atoms with E-state index in [0.29, 0.717) is 12.1 Å². The van der Waals surface area contributed by atoms with Crippen LogP contribution in [-0.2, 0) is 11.3 Å². The molecule has 0 saturated heterocycles. The van der Waals surface area contributed by atoms with Gasteiger partial charge in [0.05, 0.1) is 17.2 Å². The van der Waals surface area contributed by atoms with Crippen LogP contribution in [0.5, 0.6) is 0 Å². The van der Waals surface area contributed by atoms with Gasteiger partial charge in [-0.1, -0.05) is 0 Å². The summed E-state index contributed by atoms with van der Waals surface area (Å²) in [5.74, 6) is -0.258. The molecule has 0 unspecified atom stereocenters. The number of non-ortho nitro benzene ring substituents is 1. The molecule has 1 N–H and O–H groups in total. The molecule has 1 amide bonds. The van der Waals surface area contributed by atoms with Gasteiger partial charge in [0.15, 0.2) is 0 Å². The fourth-order valence-corrected chi connectivity index (χ4v) is 2.34. The highest BCUT2D eigenvalue weighted by molar-refractivity contribution is 5.91. The molecule has 25 heavy (non-hydrogen) atoms. The van der Waals surface area contributed by atoms with Gasteiger partial charge in [0.25, 0.3) is 5.69 Å². The summed E-state index contributed by atoms with van der Waals surface area (Å²) in [5, 5.41) is 13.4. The number of hydrogen-bond acceptors (Lipinski definition) is 4. The summed E-state index contributed by atoms with van der Waals surface area (Å²) >= 11 is 0. The highest BCUT2D eigenvalue weighted by atomic mass is 16.6. The second-order valence-corrected chi connectivity index (χ2v) is 5.60. The molecular weight excluding hydrogens is 320 g/mol. The highest BCUT2D eigenvalue weighted by Gasteiger charge is 2.04. The smallest absolute Gasteiger partial charge is 0.269 e. The lowest BCUT2D eigenvalue weighted by molar-refractivity contribution is -0.384. The monoisotopic (exact) mass is 336 g/mol. The number of nitrogens with one attached hydrogen (secondary N) is 1. The van der Waals surface area contributed by atoms with Crippen LogP contribution in [0.1, 0.15) is 16.8 Å². The number of imidazole rings is 1. The summed E-state index contributed by atoms with van der Waals surface area (Å²) in [6.45, 7) is 2.32. The number of pyridine rings is 1. The summed E-state index contributed by atoms with van der Waals surface area (Å²) in [6, 6.07) is 9.94. The third kappa shape index (κ3) is 4.08. The zero-order chi connectivity index (χ0) is 17.8. The normalized spacial score (nSPS) is 11.1. The van der Waals surface area contributed by atoms with Crippen molar-refractivity contribution in [2.45, 2.75) is 13.5 Å². The average Bonchev–Trinajstić information content (AvgIpc) is 3.00. The Kier molecular flexibility index (Phi) is 4.56. The molecule has 7 heteroatoms. The van der Waals surface area contributed by atoms with Crippen molar-refractivity contribution in [1.82, 2.24) is 14.7 Å². The Morgan fingerprint density at radius 2 is 2.08 bits per heavy atom. The largest absolute Gasteiger partial charge is 0.347 e. The quantitative estimate of drug-likeness (QED) is 0.441. The maximum Gasteiger partial charge on any atom is 0.269 e. The fraction of sp³-hybridized carbons (Fsp3) is 0.111. The number of amides is 1. The number of nitrogens with zero attached hydrogens (tertiary/aromatic N) is 3. The zero-order valence-electron chi connectivity index (χ0n) is 13.5. The van der Waals surface area contributed by atoms with Crippen LogP contribution >= 0.6 is 0 Å². The van der Waals surface area contributed by atoms with Gasteiger partial charge >= 0.3 is 0 Å². The topological polar surface area (TPSA) is 89.5 Å². The van der Waals surface area contributed by atoms with Gasteiger partial charge in [0.2, 0.25) is 5.91 Å². The van der Waals surface area contributed by atoms with Gasteiger partial charge in [0, 0.05) is 30.6 Å². The maximum atomic E-state index is 11.9. The molecule has 0 aliphatic carbocycles. The summed E-state index contributed by atoms with van der Waals surface area (Å²) in [5.41, 5.74) is 3.46. The Bertz CT molecular complexity index is 958. The van der Waals surface area contributed by atoms with E-state index in [0.717, 1.165) is 16.9 Å².